The summed E-state index contributed by atoms with van der Waals surface area (Å²) in [4.78, 5) is 51.2. The van der Waals surface area contributed by atoms with E-state index in [0.717, 1.165) is 116 Å². The van der Waals surface area contributed by atoms with Gasteiger partial charge in [0.15, 0.2) is 24.6 Å². The first-order valence-corrected chi connectivity index (χ1v) is 31.6. The number of allylic oxidation sites excluding steroid dienone is 14. The second-order valence-electron chi connectivity index (χ2n) is 21.3. The Morgan fingerprint density at radius 1 is 0.430 bits per heavy atom. The molecule has 1 aliphatic heterocycles. The first-order chi connectivity index (χ1) is 38.6. The van der Waals surface area contributed by atoms with Gasteiger partial charge in [0.1, 0.15) is 18.8 Å². The first kappa shape index (κ1) is 72.9. The topological polar surface area (TPSA) is 175 Å². The third-order valence-electron chi connectivity index (χ3n) is 13.9. The smallest absolute Gasteiger partial charge is 0.335 e. The fraction of sp³-hybridized carbons (Fsp3) is 0.731. The zero-order valence-corrected chi connectivity index (χ0v) is 49.8. The van der Waals surface area contributed by atoms with Crippen LogP contribution in [0.2, 0.25) is 0 Å². The van der Waals surface area contributed by atoms with Crippen LogP contribution in [0.4, 0.5) is 0 Å². The number of aliphatic hydroxyl groups excluding tert-OH is 2. The van der Waals surface area contributed by atoms with E-state index in [1.807, 2.05) is 0 Å². The number of hydrogen-bond donors (Lipinski definition) is 3. The lowest BCUT2D eigenvalue weighted by Gasteiger charge is -2.40. The molecular formula is C67H112O12. The summed E-state index contributed by atoms with van der Waals surface area (Å²) in [5.41, 5.74) is 0. The molecule has 1 heterocycles. The number of rotatable bonds is 53. The lowest BCUT2D eigenvalue weighted by Crippen LogP contribution is -2.61. The molecule has 6 atom stereocenters. The molecule has 0 aromatic heterocycles. The van der Waals surface area contributed by atoms with Gasteiger partial charge in [0.05, 0.1) is 6.61 Å². The lowest BCUT2D eigenvalue weighted by molar-refractivity contribution is -0.301. The monoisotopic (exact) mass is 1110 g/mol. The summed E-state index contributed by atoms with van der Waals surface area (Å²) in [6.07, 6.45) is 58.3. The summed E-state index contributed by atoms with van der Waals surface area (Å²) in [7, 11) is 0. The van der Waals surface area contributed by atoms with Crippen molar-refractivity contribution in [3.63, 3.8) is 0 Å². The maximum Gasteiger partial charge on any atom is 0.335 e. The minimum atomic E-state index is -1.92. The highest BCUT2D eigenvalue weighted by Crippen LogP contribution is 2.26. The average Bonchev–Trinajstić information content (AvgIpc) is 3.46. The molecule has 0 amide bonds. The third kappa shape index (κ3) is 44.3. The molecule has 1 aliphatic rings. The highest BCUT2D eigenvalue weighted by atomic mass is 16.7. The minimum absolute atomic E-state index is 0.0216. The van der Waals surface area contributed by atoms with Crippen molar-refractivity contribution < 1.29 is 58.2 Å². The number of ether oxygens (including phenoxy) is 5. The number of aliphatic carboxylic acids is 1. The number of carboxylic acid groups (broad SMARTS) is 1. The van der Waals surface area contributed by atoms with E-state index < -0.39 is 67.3 Å². The number of carbonyl (C=O) groups excluding carboxylic acids is 3. The molecule has 0 radical (unpaired) electrons. The Morgan fingerprint density at radius 3 is 1.23 bits per heavy atom. The lowest BCUT2D eigenvalue weighted by atomic mass is 9.98. The van der Waals surface area contributed by atoms with Gasteiger partial charge in [-0.3, -0.25) is 14.4 Å². The van der Waals surface area contributed by atoms with Gasteiger partial charge in [-0.15, -0.1) is 0 Å². The van der Waals surface area contributed by atoms with Gasteiger partial charge < -0.3 is 39.0 Å². The van der Waals surface area contributed by atoms with Crippen LogP contribution in [0.5, 0.6) is 0 Å². The maximum absolute atomic E-state index is 13.2. The molecule has 0 aromatic rings. The number of carbonyl (C=O) groups is 4. The van der Waals surface area contributed by atoms with E-state index >= 15 is 0 Å². The molecule has 1 saturated heterocycles. The summed E-state index contributed by atoms with van der Waals surface area (Å²) in [5.74, 6) is -3.17. The molecule has 452 valence electrons. The number of esters is 3. The second-order valence-corrected chi connectivity index (χ2v) is 21.3. The molecular weight excluding hydrogens is 997 g/mol. The van der Waals surface area contributed by atoms with E-state index in [4.69, 9.17) is 23.7 Å². The van der Waals surface area contributed by atoms with Crippen LogP contribution in [0.25, 0.3) is 0 Å². The summed E-state index contributed by atoms with van der Waals surface area (Å²) in [6, 6.07) is 0. The van der Waals surface area contributed by atoms with Gasteiger partial charge in [-0.2, -0.15) is 0 Å². The largest absolute Gasteiger partial charge is 0.479 e. The van der Waals surface area contributed by atoms with Crippen LogP contribution in [-0.2, 0) is 42.9 Å². The zero-order chi connectivity index (χ0) is 57.5. The standard InChI is InChI=1S/C67H112O12/c1-4-7-10-13-16-19-22-25-27-29-30-32-33-36-38-41-44-47-50-53-59(68)75-56-58(77-60(69)54-51-48-45-42-40-37-34-31-28-26-23-20-17-14-11-8-5-2)57-76-67-65(63(72)62(71)64(79-67)66(73)74)78-61(70)55-52-49-46-43-39-35-24-21-18-15-12-9-6-3/h9,12,16-21,25-28,35,39,58,62-65,67,71-72H,4-8,10-11,13-15,22-24,29-34,36-38,40-57H2,1-3H3,(H,73,74)/b12-9-,19-16-,20-17-,21-18-,27-25-,28-26-,39-35-. The first-order valence-electron chi connectivity index (χ1n) is 31.6. The minimum Gasteiger partial charge on any atom is -0.479 e. The number of aliphatic hydroxyl groups is 2. The van der Waals surface area contributed by atoms with Crippen molar-refractivity contribution in [2.75, 3.05) is 13.2 Å². The van der Waals surface area contributed by atoms with Crippen molar-refractivity contribution >= 4 is 23.9 Å². The fourth-order valence-corrected chi connectivity index (χ4v) is 9.09. The predicted octanol–water partition coefficient (Wildman–Crippen LogP) is 16.7. The van der Waals surface area contributed by atoms with Crippen LogP contribution in [-0.4, -0.2) is 89.2 Å². The van der Waals surface area contributed by atoms with Gasteiger partial charge in [-0.25, -0.2) is 4.79 Å². The molecule has 1 fully saturated rings. The van der Waals surface area contributed by atoms with E-state index in [1.165, 1.54) is 89.9 Å². The molecule has 0 spiro atoms. The Morgan fingerprint density at radius 2 is 0.797 bits per heavy atom. The molecule has 3 N–H and O–H groups in total. The molecule has 12 heteroatoms. The summed E-state index contributed by atoms with van der Waals surface area (Å²) in [6.45, 7) is 5.82. The van der Waals surface area contributed by atoms with Crippen LogP contribution in [0.3, 0.4) is 0 Å². The fourth-order valence-electron chi connectivity index (χ4n) is 9.09. The molecule has 0 aromatic carbocycles. The van der Waals surface area contributed by atoms with Gasteiger partial charge >= 0.3 is 23.9 Å². The summed E-state index contributed by atoms with van der Waals surface area (Å²) in [5, 5.41) is 31.5. The van der Waals surface area contributed by atoms with Crippen molar-refractivity contribution in [3.05, 3.63) is 85.1 Å². The average molecular weight is 1110 g/mol. The van der Waals surface area contributed by atoms with E-state index in [-0.39, 0.29) is 25.9 Å². The van der Waals surface area contributed by atoms with Crippen LogP contribution in [0, 0.1) is 0 Å². The quantitative estimate of drug-likeness (QED) is 0.0228. The third-order valence-corrected chi connectivity index (χ3v) is 13.9. The van der Waals surface area contributed by atoms with Crippen molar-refractivity contribution in [1.29, 1.82) is 0 Å². The van der Waals surface area contributed by atoms with Crippen LogP contribution in [0.1, 0.15) is 265 Å². The molecule has 6 unspecified atom stereocenters. The Balaban J connectivity index is 2.68. The van der Waals surface area contributed by atoms with Gasteiger partial charge in [0.25, 0.3) is 0 Å². The Bertz CT molecular complexity index is 1700. The molecule has 0 saturated carbocycles. The van der Waals surface area contributed by atoms with Crippen LogP contribution in [0.15, 0.2) is 85.1 Å². The van der Waals surface area contributed by atoms with Crippen molar-refractivity contribution in [1.82, 2.24) is 0 Å². The number of carboxylic acids is 1. The van der Waals surface area contributed by atoms with E-state index in [0.29, 0.717) is 19.3 Å². The number of hydrogen-bond acceptors (Lipinski definition) is 11. The van der Waals surface area contributed by atoms with E-state index in [9.17, 15) is 34.5 Å². The highest BCUT2D eigenvalue weighted by molar-refractivity contribution is 5.74. The molecule has 0 aliphatic carbocycles. The Labute approximate surface area is 480 Å². The summed E-state index contributed by atoms with van der Waals surface area (Å²) < 4.78 is 28.5. The van der Waals surface area contributed by atoms with Crippen LogP contribution >= 0.6 is 0 Å². The zero-order valence-electron chi connectivity index (χ0n) is 49.8. The Hall–Kier alpha value is -4.10. The van der Waals surface area contributed by atoms with Gasteiger partial charge in [0, 0.05) is 19.3 Å². The number of unbranched alkanes of at least 4 members (excludes halogenated alkanes) is 25. The van der Waals surface area contributed by atoms with Crippen molar-refractivity contribution in [2.45, 2.75) is 302 Å². The SMILES string of the molecule is CC/C=C\C/C=C\C/C=C\CCCCCC(=O)OC1C(OCC(COC(=O)CCCCCCCCCCC/C=C\C/C=C\CCCCC)OC(=O)CCCCCCCCC/C=C\C/C=C\CCCCC)OC(C(=O)O)C(O)C1O. The summed E-state index contributed by atoms with van der Waals surface area (Å²) >= 11 is 0. The van der Waals surface area contributed by atoms with E-state index in [2.05, 4.69) is 106 Å². The predicted molar refractivity (Wildman–Crippen MR) is 321 cm³/mol. The normalized spacial score (nSPS) is 18.4. The van der Waals surface area contributed by atoms with Crippen LogP contribution < -0.4 is 0 Å². The van der Waals surface area contributed by atoms with Gasteiger partial charge in [-0.05, 0) is 116 Å². The molecule has 12 nitrogen and oxygen atoms in total. The Kier molecular flexibility index (Phi) is 50.3. The highest BCUT2D eigenvalue weighted by Gasteiger charge is 2.50. The molecule has 79 heavy (non-hydrogen) atoms. The van der Waals surface area contributed by atoms with Crippen molar-refractivity contribution in [3.8, 4) is 0 Å². The van der Waals surface area contributed by atoms with Gasteiger partial charge in [0.2, 0.25) is 0 Å². The second kappa shape index (κ2) is 54.5. The van der Waals surface area contributed by atoms with Crippen molar-refractivity contribution in [2.24, 2.45) is 0 Å². The van der Waals surface area contributed by atoms with Gasteiger partial charge in [-0.1, -0.05) is 215 Å². The molecule has 0 bridgehead atoms. The maximum atomic E-state index is 13.2. The molecule has 1 rings (SSSR count). The van der Waals surface area contributed by atoms with E-state index in [1.54, 1.807) is 0 Å².